The maximum Gasteiger partial charge on any atom is 0.435 e. The molecule has 0 fully saturated rings. The highest BCUT2D eigenvalue weighted by atomic mass is 19.4. The summed E-state index contributed by atoms with van der Waals surface area (Å²) in [6.45, 7) is 7.21. The summed E-state index contributed by atoms with van der Waals surface area (Å²) < 4.78 is 39.8. The van der Waals surface area contributed by atoms with Gasteiger partial charge in [-0.15, -0.1) is 0 Å². The average Bonchev–Trinajstić information content (AvgIpc) is 2.99. The summed E-state index contributed by atoms with van der Waals surface area (Å²) in [4.78, 5) is 24.9. The molecule has 0 bridgehead atoms. The van der Waals surface area contributed by atoms with Crippen LogP contribution in [0.4, 0.5) is 18.9 Å². The third kappa shape index (κ3) is 5.11. The molecule has 0 aliphatic rings. The topological polar surface area (TPSA) is 76.0 Å². The summed E-state index contributed by atoms with van der Waals surface area (Å²) >= 11 is 0. The van der Waals surface area contributed by atoms with Gasteiger partial charge in [-0.05, 0) is 45.4 Å². The van der Waals surface area contributed by atoms with Crippen molar-refractivity contribution in [3.63, 3.8) is 0 Å². The van der Waals surface area contributed by atoms with E-state index in [1.165, 1.54) is 0 Å². The number of benzene rings is 1. The van der Waals surface area contributed by atoms with Gasteiger partial charge < -0.3 is 10.6 Å². The van der Waals surface area contributed by atoms with E-state index in [-0.39, 0.29) is 30.6 Å². The van der Waals surface area contributed by atoms with E-state index in [1.807, 2.05) is 13.8 Å². The number of carbonyl (C=O) groups is 2. The minimum absolute atomic E-state index is 0.0868. The van der Waals surface area contributed by atoms with Gasteiger partial charge in [-0.3, -0.25) is 14.3 Å². The third-order valence-corrected chi connectivity index (χ3v) is 4.00. The smallest absolute Gasteiger partial charge is 0.350 e. The number of nitrogens with one attached hydrogen (secondary N) is 2. The van der Waals surface area contributed by atoms with Gasteiger partial charge in [0.25, 0.3) is 5.91 Å². The number of anilines is 1. The van der Waals surface area contributed by atoms with Crippen LogP contribution in [0.2, 0.25) is 0 Å². The van der Waals surface area contributed by atoms with Crippen LogP contribution in [-0.2, 0) is 23.9 Å². The van der Waals surface area contributed by atoms with Crippen LogP contribution in [-0.4, -0.2) is 27.6 Å². The molecule has 6 nitrogen and oxygen atoms in total. The Balaban J connectivity index is 2.25. The zero-order chi connectivity index (χ0) is 21.1. The number of carbonyl (C=O) groups excluding carboxylic acids is 2. The number of hydrogen-bond acceptors (Lipinski definition) is 3. The molecule has 1 aromatic carbocycles. The quantitative estimate of drug-likeness (QED) is 0.784. The maximum atomic E-state index is 12.9. The molecule has 0 saturated carbocycles. The van der Waals surface area contributed by atoms with Gasteiger partial charge in [-0.25, -0.2) is 0 Å². The first-order valence-corrected chi connectivity index (χ1v) is 8.87. The van der Waals surface area contributed by atoms with Crippen molar-refractivity contribution in [2.24, 2.45) is 0 Å². The van der Waals surface area contributed by atoms with Crippen molar-refractivity contribution < 1.29 is 22.8 Å². The number of aromatic nitrogens is 2. The number of aryl methyl sites for hydroxylation is 2. The van der Waals surface area contributed by atoms with Crippen molar-refractivity contribution in [2.75, 3.05) is 5.32 Å². The van der Waals surface area contributed by atoms with Gasteiger partial charge in [0.1, 0.15) is 0 Å². The number of halogens is 3. The second-order valence-corrected chi connectivity index (χ2v) is 6.69. The van der Waals surface area contributed by atoms with E-state index >= 15 is 0 Å². The van der Waals surface area contributed by atoms with Crippen LogP contribution in [0.1, 0.15) is 48.1 Å². The Morgan fingerprint density at radius 2 is 1.93 bits per heavy atom. The molecule has 28 heavy (non-hydrogen) atoms. The van der Waals surface area contributed by atoms with Gasteiger partial charge in [0.2, 0.25) is 5.91 Å². The molecule has 0 radical (unpaired) electrons. The molecular weight excluding hydrogens is 373 g/mol. The molecule has 0 aliphatic heterocycles. The molecule has 152 valence electrons. The number of hydrogen-bond donors (Lipinski definition) is 2. The standard InChI is InChI=1S/C19H23F3N4O2/c1-5-26-13(9-15(25-26)19(20,21)22)10-16(27)24-17-12(4)7-6-8-14(17)18(28)23-11(2)3/h6-9,11H,5,10H2,1-4H3,(H,23,28)(H,24,27). The molecule has 0 saturated heterocycles. The largest absolute Gasteiger partial charge is 0.435 e. The van der Waals surface area contributed by atoms with Gasteiger partial charge in [0.05, 0.1) is 17.7 Å². The lowest BCUT2D eigenvalue weighted by molar-refractivity contribution is -0.141. The Kier molecular flexibility index (Phi) is 6.48. The predicted octanol–water partition coefficient (Wildman–Crippen LogP) is 3.55. The normalized spacial score (nSPS) is 11.6. The lowest BCUT2D eigenvalue weighted by atomic mass is 10.1. The summed E-state index contributed by atoms with van der Waals surface area (Å²) in [6, 6.07) is 5.80. The Morgan fingerprint density at radius 3 is 2.50 bits per heavy atom. The van der Waals surface area contributed by atoms with E-state index in [1.54, 1.807) is 32.0 Å². The zero-order valence-electron chi connectivity index (χ0n) is 16.1. The van der Waals surface area contributed by atoms with Crippen LogP contribution in [0.15, 0.2) is 24.3 Å². The van der Waals surface area contributed by atoms with Crippen molar-refractivity contribution in [3.8, 4) is 0 Å². The first-order chi connectivity index (χ1) is 13.0. The van der Waals surface area contributed by atoms with Crippen molar-refractivity contribution in [1.82, 2.24) is 15.1 Å². The molecule has 2 N–H and O–H groups in total. The van der Waals surface area contributed by atoms with Gasteiger partial charge in [-0.1, -0.05) is 12.1 Å². The molecule has 0 atom stereocenters. The molecule has 2 aromatic rings. The van der Waals surface area contributed by atoms with Crippen LogP contribution in [0.5, 0.6) is 0 Å². The fourth-order valence-electron chi connectivity index (χ4n) is 2.72. The van der Waals surface area contributed by atoms with Crippen LogP contribution >= 0.6 is 0 Å². The van der Waals surface area contributed by atoms with E-state index in [9.17, 15) is 22.8 Å². The first kappa shape index (κ1) is 21.5. The van der Waals surface area contributed by atoms with E-state index in [2.05, 4.69) is 15.7 Å². The predicted molar refractivity (Wildman–Crippen MR) is 99.0 cm³/mol. The van der Waals surface area contributed by atoms with Gasteiger partial charge in [0.15, 0.2) is 5.69 Å². The highest BCUT2D eigenvalue weighted by Crippen LogP contribution is 2.29. The minimum Gasteiger partial charge on any atom is -0.350 e. The second-order valence-electron chi connectivity index (χ2n) is 6.69. The summed E-state index contributed by atoms with van der Waals surface area (Å²) in [5.41, 5.74) is 0.412. The fraction of sp³-hybridized carbons (Fsp3) is 0.421. The molecule has 9 heteroatoms. The third-order valence-electron chi connectivity index (χ3n) is 4.00. The molecule has 1 aromatic heterocycles. The summed E-state index contributed by atoms with van der Waals surface area (Å²) in [6.07, 6.45) is -4.87. The zero-order valence-corrected chi connectivity index (χ0v) is 16.1. The maximum absolute atomic E-state index is 12.9. The highest BCUT2D eigenvalue weighted by molar-refractivity contribution is 6.04. The van der Waals surface area contributed by atoms with E-state index in [0.29, 0.717) is 16.8 Å². The summed E-state index contributed by atoms with van der Waals surface area (Å²) in [5.74, 6) is -0.872. The SMILES string of the molecule is CCn1nc(C(F)(F)F)cc1CC(=O)Nc1c(C)cccc1C(=O)NC(C)C. The lowest BCUT2D eigenvalue weighted by Gasteiger charge is -2.15. The van der Waals surface area contributed by atoms with Gasteiger partial charge in [0, 0.05) is 18.3 Å². The molecule has 0 spiro atoms. The van der Waals surface area contributed by atoms with E-state index < -0.39 is 17.8 Å². The van der Waals surface area contributed by atoms with Crippen molar-refractivity contribution in [1.29, 1.82) is 0 Å². The van der Waals surface area contributed by atoms with Crippen LogP contribution < -0.4 is 10.6 Å². The van der Waals surface area contributed by atoms with Crippen LogP contribution in [0, 0.1) is 6.92 Å². The summed E-state index contributed by atoms with van der Waals surface area (Å²) in [7, 11) is 0. The van der Waals surface area contributed by atoms with Crippen molar-refractivity contribution >= 4 is 17.5 Å². The van der Waals surface area contributed by atoms with Crippen LogP contribution in [0.25, 0.3) is 0 Å². The molecular formula is C19H23F3N4O2. The second kappa shape index (κ2) is 8.45. The number of amides is 2. The molecule has 1 heterocycles. The Bertz CT molecular complexity index is 873. The monoisotopic (exact) mass is 396 g/mol. The van der Waals surface area contributed by atoms with E-state index in [4.69, 9.17) is 0 Å². The van der Waals surface area contributed by atoms with Crippen molar-refractivity contribution in [2.45, 2.75) is 52.9 Å². The number of nitrogens with zero attached hydrogens (tertiary/aromatic N) is 2. The van der Waals surface area contributed by atoms with Crippen molar-refractivity contribution in [3.05, 3.63) is 46.8 Å². The molecule has 0 aliphatic carbocycles. The van der Waals surface area contributed by atoms with Gasteiger partial charge in [-0.2, -0.15) is 18.3 Å². The van der Waals surface area contributed by atoms with Gasteiger partial charge >= 0.3 is 6.18 Å². The number of alkyl halides is 3. The fourth-order valence-corrected chi connectivity index (χ4v) is 2.72. The Hall–Kier alpha value is -2.84. The molecule has 0 unspecified atom stereocenters. The van der Waals surface area contributed by atoms with E-state index in [0.717, 1.165) is 10.7 Å². The summed E-state index contributed by atoms with van der Waals surface area (Å²) in [5, 5.41) is 8.92. The minimum atomic E-state index is -4.58. The van der Waals surface area contributed by atoms with Crippen LogP contribution in [0.3, 0.4) is 0 Å². The lowest BCUT2D eigenvalue weighted by Crippen LogP contribution is -2.31. The average molecular weight is 396 g/mol. The Morgan fingerprint density at radius 1 is 1.25 bits per heavy atom. The molecule has 2 rings (SSSR count). The number of rotatable bonds is 6. The number of para-hydroxylation sites is 1. The molecule has 2 amide bonds. The Labute approximate surface area is 161 Å². The highest BCUT2D eigenvalue weighted by Gasteiger charge is 2.35. The first-order valence-electron chi connectivity index (χ1n) is 8.87.